The predicted molar refractivity (Wildman–Crippen MR) is 169 cm³/mol. The summed E-state index contributed by atoms with van der Waals surface area (Å²) >= 11 is 0. The van der Waals surface area contributed by atoms with E-state index in [9.17, 15) is 14.3 Å². The number of nitrogens with two attached hydrogens (primary N) is 1. The van der Waals surface area contributed by atoms with Crippen molar-refractivity contribution in [1.82, 2.24) is 0 Å². The standard InChI is InChI=1S/C32H64NO7P/c1-3-5-7-9-11-12-13-14-15-16-17-18-19-20-21-23-25-32(34)40-31(30-39-41(35,36)38-28-26-33)29-37-27-24-22-10-8-6-4-2/h15-16,31H,3-14,17-30,33H2,1-2H3,(H,35,36)/b16-15-. The largest absolute Gasteiger partial charge is 0.472 e. The summed E-state index contributed by atoms with van der Waals surface area (Å²) in [6.45, 7) is 4.85. The van der Waals surface area contributed by atoms with Crippen molar-refractivity contribution >= 4 is 13.8 Å². The quantitative estimate of drug-likeness (QED) is 0.0338. The van der Waals surface area contributed by atoms with Crippen molar-refractivity contribution in [3.8, 4) is 0 Å². The molecule has 0 aromatic rings. The Morgan fingerprint density at radius 3 is 1.78 bits per heavy atom. The molecule has 2 atom stereocenters. The molecule has 0 spiro atoms. The number of ether oxygens (including phenoxy) is 2. The summed E-state index contributed by atoms with van der Waals surface area (Å²) in [4.78, 5) is 22.2. The number of carbonyl (C=O) groups excluding carboxylic acids is 1. The highest BCUT2D eigenvalue weighted by atomic mass is 31.2. The van der Waals surface area contributed by atoms with E-state index in [-0.39, 0.29) is 32.3 Å². The van der Waals surface area contributed by atoms with E-state index in [1.54, 1.807) is 0 Å². The van der Waals surface area contributed by atoms with Crippen LogP contribution in [0.25, 0.3) is 0 Å². The lowest BCUT2D eigenvalue weighted by Crippen LogP contribution is -2.28. The zero-order chi connectivity index (χ0) is 30.3. The number of allylic oxidation sites excluding steroid dienone is 2. The molecule has 244 valence electrons. The smallest absolute Gasteiger partial charge is 0.457 e. The van der Waals surface area contributed by atoms with Gasteiger partial charge < -0.3 is 20.1 Å². The van der Waals surface area contributed by atoms with Crippen molar-refractivity contribution in [1.29, 1.82) is 0 Å². The zero-order valence-corrected chi connectivity index (χ0v) is 27.4. The molecule has 0 saturated carbocycles. The van der Waals surface area contributed by atoms with Crippen molar-refractivity contribution in [3.05, 3.63) is 12.2 Å². The lowest BCUT2D eigenvalue weighted by Gasteiger charge is -2.20. The number of carbonyl (C=O) groups is 1. The molecule has 0 aliphatic heterocycles. The fraction of sp³-hybridized carbons (Fsp3) is 0.906. The van der Waals surface area contributed by atoms with Crippen molar-refractivity contribution in [2.45, 2.75) is 155 Å². The second-order valence-corrected chi connectivity index (χ2v) is 12.5. The highest BCUT2D eigenvalue weighted by molar-refractivity contribution is 7.47. The van der Waals surface area contributed by atoms with E-state index in [4.69, 9.17) is 24.3 Å². The first kappa shape index (κ1) is 40.2. The fourth-order valence-corrected chi connectivity index (χ4v) is 5.23. The van der Waals surface area contributed by atoms with Crippen LogP contribution in [0.5, 0.6) is 0 Å². The van der Waals surface area contributed by atoms with Gasteiger partial charge in [-0.05, 0) is 38.5 Å². The molecule has 2 unspecified atom stereocenters. The number of phosphoric acid groups is 1. The van der Waals surface area contributed by atoms with Gasteiger partial charge >= 0.3 is 13.8 Å². The van der Waals surface area contributed by atoms with Crippen molar-refractivity contribution in [2.75, 3.05) is 33.0 Å². The van der Waals surface area contributed by atoms with Crippen LogP contribution in [0.2, 0.25) is 0 Å². The van der Waals surface area contributed by atoms with Gasteiger partial charge in [0.15, 0.2) is 0 Å². The fourth-order valence-electron chi connectivity index (χ4n) is 4.46. The first-order valence-electron chi connectivity index (χ1n) is 16.7. The molecule has 0 radical (unpaired) electrons. The van der Waals surface area contributed by atoms with Crippen LogP contribution in [0.3, 0.4) is 0 Å². The van der Waals surface area contributed by atoms with Gasteiger partial charge in [0.05, 0.1) is 19.8 Å². The third kappa shape index (κ3) is 30.5. The van der Waals surface area contributed by atoms with Gasteiger partial charge in [0.2, 0.25) is 0 Å². The SMILES string of the molecule is CCCCCCCCC/C=C\CCCCCCCC(=O)OC(COCCCCCCCC)COP(=O)(O)OCCN. The second-order valence-electron chi connectivity index (χ2n) is 11.0. The number of hydrogen-bond donors (Lipinski definition) is 2. The Morgan fingerprint density at radius 1 is 0.707 bits per heavy atom. The van der Waals surface area contributed by atoms with Crippen LogP contribution >= 0.6 is 7.82 Å². The predicted octanol–water partition coefficient (Wildman–Crippen LogP) is 8.80. The summed E-state index contributed by atoms with van der Waals surface area (Å²) in [5, 5.41) is 0. The van der Waals surface area contributed by atoms with Gasteiger partial charge in [-0.3, -0.25) is 13.8 Å². The highest BCUT2D eigenvalue weighted by Gasteiger charge is 2.25. The van der Waals surface area contributed by atoms with Crippen LogP contribution in [0.15, 0.2) is 12.2 Å². The summed E-state index contributed by atoms with van der Waals surface area (Å²) in [6.07, 6.45) is 28.1. The topological polar surface area (TPSA) is 117 Å². The Kier molecular flexibility index (Phi) is 30.1. The summed E-state index contributed by atoms with van der Waals surface area (Å²) in [7, 11) is -4.25. The highest BCUT2D eigenvalue weighted by Crippen LogP contribution is 2.43. The lowest BCUT2D eigenvalue weighted by atomic mass is 10.1. The first-order valence-corrected chi connectivity index (χ1v) is 18.2. The number of unbranched alkanes of at least 4 members (excludes halogenated alkanes) is 17. The molecule has 0 bridgehead atoms. The molecule has 0 heterocycles. The molecule has 0 fully saturated rings. The van der Waals surface area contributed by atoms with E-state index in [2.05, 4.69) is 26.0 Å². The van der Waals surface area contributed by atoms with Crippen LogP contribution in [0.1, 0.15) is 149 Å². The van der Waals surface area contributed by atoms with Crippen LogP contribution in [0.4, 0.5) is 0 Å². The minimum atomic E-state index is -4.25. The van der Waals surface area contributed by atoms with E-state index in [1.807, 2.05) is 0 Å². The molecule has 0 rings (SSSR count). The molecule has 0 aromatic heterocycles. The maximum absolute atomic E-state index is 12.4. The van der Waals surface area contributed by atoms with Crippen molar-refractivity contribution in [2.24, 2.45) is 5.73 Å². The second kappa shape index (κ2) is 30.7. The molecule has 41 heavy (non-hydrogen) atoms. The molecular formula is C32H64NO7P. The van der Waals surface area contributed by atoms with Gasteiger partial charge in [0.25, 0.3) is 0 Å². The zero-order valence-electron chi connectivity index (χ0n) is 26.5. The maximum atomic E-state index is 12.4. The summed E-state index contributed by atoms with van der Waals surface area (Å²) in [6, 6.07) is 0. The minimum absolute atomic E-state index is 0.0949. The molecule has 0 amide bonds. The van der Waals surface area contributed by atoms with Crippen LogP contribution in [0, 0.1) is 0 Å². The van der Waals surface area contributed by atoms with E-state index in [1.165, 1.54) is 83.5 Å². The lowest BCUT2D eigenvalue weighted by molar-refractivity contribution is -0.154. The Bertz CT molecular complexity index is 648. The van der Waals surface area contributed by atoms with Gasteiger partial charge in [-0.1, -0.05) is 116 Å². The number of phosphoric ester groups is 1. The summed E-state index contributed by atoms with van der Waals surface area (Å²) in [5.41, 5.74) is 5.32. The molecule has 0 aliphatic rings. The molecule has 8 nitrogen and oxygen atoms in total. The van der Waals surface area contributed by atoms with Crippen molar-refractivity contribution in [3.63, 3.8) is 0 Å². The molecule has 0 saturated heterocycles. The van der Waals surface area contributed by atoms with E-state index < -0.39 is 13.9 Å². The minimum Gasteiger partial charge on any atom is -0.457 e. The average Bonchev–Trinajstić information content (AvgIpc) is 2.96. The van der Waals surface area contributed by atoms with Crippen LogP contribution < -0.4 is 5.73 Å². The number of esters is 1. The van der Waals surface area contributed by atoms with Gasteiger partial charge in [0.1, 0.15) is 6.10 Å². The average molecular weight is 606 g/mol. The monoisotopic (exact) mass is 605 g/mol. The normalized spacial score (nSPS) is 14.0. The molecule has 9 heteroatoms. The van der Waals surface area contributed by atoms with Crippen LogP contribution in [-0.2, 0) is 27.9 Å². The Morgan fingerprint density at radius 2 is 1.22 bits per heavy atom. The van der Waals surface area contributed by atoms with E-state index in [0.717, 1.165) is 44.9 Å². The van der Waals surface area contributed by atoms with Gasteiger partial charge in [-0.25, -0.2) is 4.57 Å². The van der Waals surface area contributed by atoms with E-state index >= 15 is 0 Å². The van der Waals surface area contributed by atoms with Crippen molar-refractivity contribution < 1.29 is 32.8 Å². The van der Waals surface area contributed by atoms with E-state index in [0.29, 0.717) is 13.0 Å². The number of rotatable bonds is 32. The summed E-state index contributed by atoms with van der Waals surface area (Å²) < 4.78 is 33.0. The first-order chi connectivity index (χ1) is 19.9. The molecule has 0 aromatic carbocycles. The summed E-state index contributed by atoms with van der Waals surface area (Å²) in [5.74, 6) is -0.342. The molecule has 3 N–H and O–H groups in total. The Balaban J connectivity index is 4.05. The number of hydrogen-bond acceptors (Lipinski definition) is 7. The maximum Gasteiger partial charge on any atom is 0.472 e. The molecular weight excluding hydrogens is 541 g/mol. The van der Waals surface area contributed by atoms with Gasteiger partial charge in [-0.15, -0.1) is 0 Å². The third-order valence-electron chi connectivity index (χ3n) is 6.93. The van der Waals surface area contributed by atoms with Gasteiger partial charge in [0, 0.05) is 19.6 Å². The Labute approximate surface area is 252 Å². The third-order valence-corrected chi connectivity index (χ3v) is 7.92. The van der Waals surface area contributed by atoms with Crippen LogP contribution in [-0.4, -0.2) is 49.9 Å². The Hall–Kier alpha value is -0.760. The molecule has 0 aliphatic carbocycles. The van der Waals surface area contributed by atoms with Gasteiger partial charge in [-0.2, -0.15) is 0 Å².